The molecule has 0 aromatic heterocycles. The number of carbonyl (C=O) groups excluding carboxylic acids is 4. The molecule has 1 unspecified atom stereocenters. The van der Waals surface area contributed by atoms with Crippen molar-refractivity contribution in [1.29, 1.82) is 0 Å². The van der Waals surface area contributed by atoms with Gasteiger partial charge in [-0.15, -0.1) is 0 Å². The van der Waals surface area contributed by atoms with Gasteiger partial charge in [0.15, 0.2) is 0 Å². The van der Waals surface area contributed by atoms with Crippen LogP contribution >= 0.6 is 11.6 Å². The molecule has 37 heavy (non-hydrogen) atoms. The average molecular weight is 521 g/mol. The topological polar surface area (TPSA) is 86.8 Å². The lowest BCUT2D eigenvalue weighted by atomic mass is 9.45. The molecule has 2 heterocycles. The fourth-order valence-corrected chi connectivity index (χ4v) is 5.17. The van der Waals surface area contributed by atoms with Crippen molar-refractivity contribution >= 4 is 74.6 Å². The minimum atomic E-state index is -3.76. The molecule has 1 fully saturated rings. The second kappa shape index (κ2) is 9.08. The van der Waals surface area contributed by atoms with Gasteiger partial charge in [-0.3, -0.25) is 24.5 Å². The third-order valence-corrected chi connectivity index (χ3v) is 7.76. The van der Waals surface area contributed by atoms with Crippen LogP contribution in [0.15, 0.2) is 42.5 Å². The van der Waals surface area contributed by atoms with E-state index in [-0.39, 0.29) is 23.9 Å². The molecule has 2 aliphatic rings. The van der Waals surface area contributed by atoms with Crippen LogP contribution in [0.3, 0.4) is 0 Å². The number of rotatable bonds is 5. The van der Waals surface area contributed by atoms with Crippen LogP contribution in [0.1, 0.15) is 39.4 Å². The van der Waals surface area contributed by atoms with Gasteiger partial charge in [-0.25, -0.2) is 0 Å². The third-order valence-electron chi connectivity index (χ3n) is 7.51. The lowest BCUT2D eigenvalue weighted by Crippen LogP contribution is -2.67. The van der Waals surface area contributed by atoms with Gasteiger partial charge < -0.3 is 9.71 Å². The highest BCUT2D eigenvalue weighted by Crippen LogP contribution is 2.40. The van der Waals surface area contributed by atoms with Gasteiger partial charge in [-0.05, 0) is 41.0 Å². The maximum Gasteiger partial charge on any atom is 0.348 e. The Kier molecular flexibility index (Phi) is 6.63. The fourth-order valence-electron chi connectivity index (χ4n) is 5.05. The van der Waals surface area contributed by atoms with Crippen LogP contribution in [0.2, 0.25) is 10.2 Å². The van der Waals surface area contributed by atoms with Gasteiger partial charge in [0.25, 0.3) is 11.8 Å². The van der Waals surface area contributed by atoms with Crippen LogP contribution in [0, 0.1) is 0 Å². The van der Waals surface area contributed by atoms with E-state index in [2.05, 4.69) is 5.32 Å². The van der Waals surface area contributed by atoms with Crippen LogP contribution < -0.4 is 5.32 Å². The molecule has 0 saturated carbocycles. The van der Waals surface area contributed by atoms with E-state index in [1.54, 1.807) is 49.6 Å². The van der Waals surface area contributed by atoms with Gasteiger partial charge in [0, 0.05) is 28.6 Å². The van der Waals surface area contributed by atoms with Crippen molar-refractivity contribution in [2.45, 2.75) is 35.5 Å². The first-order chi connectivity index (χ1) is 17.1. The minimum Gasteiger partial charge on any atom is -0.389 e. The molecule has 186 valence electrons. The maximum absolute atomic E-state index is 15.0. The molecular weight excluding hydrogens is 498 g/mol. The first-order valence-electron chi connectivity index (χ1n) is 11.8. The number of hydrogen-bond donors (Lipinski definition) is 1. The smallest absolute Gasteiger partial charge is 0.348 e. The number of piperidine rings is 1. The van der Waals surface area contributed by atoms with E-state index < -0.39 is 45.8 Å². The first-order valence-corrected chi connectivity index (χ1v) is 12.2. The van der Waals surface area contributed by atoms with Gasteiger partial charge >= 0.3 is 5.92 Å². The number of hydrogen-bond acceptors (Lipinski definition) is 4. The molecule has 2 aromatic rings. The highest BCUT2D eigenvalue weighted by molar-refractivity contribution is 6.53. The van der Waals surface area contributed by atoms with Crippen molar-refractivity contribution < 1.29 is 28.0 Å². The number of amides is 4. The largest absolute Gasteiger partial charge is 0.389 e. The Morgan fingerprint density at radius 3 is 2.32 bits per heavy atom. The fraction of sp³-hybridized carbons (Fsp3) is 0.273. The average Bonchev–Trinajstić information content (AvgIpc) is 3.18. The number of halogens is 3. The molecule has 0 bridgehead atoms. The highest BCUT2D eigenvalue weighted by atomic mass is 35.5. The molecule has 0 spiro atoms. The van der Waals surface area contributed by atoms with E-state index >= 15 is 0 Å². The van der Waals surface area contributed by atoms with Crippen LogP contribution in [0.25, 0.3) is 0 Å². The molecule has 2 atom stereocenters. The predicted octanol–water partition coefficient (Wildman–Crippen LogP) is -2.15. The number of nitrogens with one attached hydrogen (secondary N) is 1. The number of alkyl halides is 2. The lowest BCUT2D eigenvalue weighted by molar-refractivity contribution is -0.154. The van der Waals surface area contributed by atoms with Crippen molar-refractivity contribution in [2.75, 3.05) is 0 Å². The summed E-state index contributed by atoms with van der Waals surface area (Å²) in [6.07, 6.45) is 0.157. The Bertz CT molecular complexity index is 1330. The summed E-state index contributed by atoms with van der Waals surface area (Å²) < 4.78 is 29.9. The van der Waals surface area contributed by atoms with Crippen molar-refractivity contribution in [3.05, 3.63) is 69.7 Å². The molecule has 2 aliphatic heterocycles. The van der Waals surface area contributed by atoms with Crippen molar-refractivity contribution in [3.63, 3.8) is 0 Å². The summed E-state index contributed by atoms with van der Waals surface area (Å²) in [7, 11) is 7.99. The lowest BCUT2D eigenvalue weighted by Gasteiger charge is -2.46. The van der Waals surface area contributed by atoms with E-state index in [4.69, 9.17) is 11.6 Å². The van der Waals surface area contributed by atoms with Crippen LogP contribution in [-0.2, 0) is 26.9 Å². The summed E-state index contributed by atoms with van der Waals surface area (Å²) in [5.74, 6) is -7.15. The van der Waals surface area contributed by atoms with E-state index in [1.165, 1.54) is 25.0 Å². The Labute approximate surface area is 222 Å². The van der Waals surface area contributed by atoms with Gasteiger partial charge in [0.1, 0.15) is 31.4 Å². The monoisotopic (exact) mass is 521 g/mol. The summed E-state index contributed by atoms with van der Waals surface area (Å²) in [4.78, 5) is 53.5. The maximum atomic E-state index is 15.0. The summed E-state index contributed by atoms with van der Waals surface area (Å²) in [6.45, 7) is 0.113. The molecule has 1 saturated heterocycles. The molecule has 4 rings (SSSR count). The summed E-state index contributed by atoms with van der Waals surface area (Å²) >= 11 is 5.78. The highest BCUT2D eigenvalue weighted by Gasteiger charge is 2.53. The zero-order valence-electron chi connectivity index (χ0n) is 21.2. The van der Waals surface area contributed by atoms with Gasteiger partial charge in [-0.2, -0.15) is 8.78 Å². The number of nitrogens with zero attached hydrogens (tertiary/aromatic N) is 2. The van der Waals surface area contributed by atoms with E-state index in [9.17, 15) is 28.0 Å². The normalized spacial score (nSPS) is 21.8. The summed E-state index contributed by atoms with van der Waals surface area (Å²) in [6, 6.07) is 9.73. The van der Waals surface area contributed by atoms with E-state index in [0.717, 1.165) is 16.9 Å². The number of benzene rings is 2. The molecular formula is C22H23B5ClF2N3O4. The van der Waals surface area contributed by atoms with Crippen molar-refractivity contribution in [2.24, 2.45) is 0 Å². The van der Waals surface area contributed by atoms with Gasteiger partial charge in [-0.1, -0.05) is 35.9 Å². The molecule has 0 aliphatic carbocycles. The van der Waals surface area contributed by atoms with Gasteiger partial charge in [0.05, 0.1) is 5.44 Å². The molecule has 15 heteroatoms. The molecule has 4 amide bonds. The molecule has 2 aromatic carbocycles. The SMILES string of the molecule is BC(c1ccc2c(c1)CN([C@@]1(B)CC(B)(B)C(=O)NC1=O)C2=O)N(B)C(=O)C(F)(F)c1ccc(Cl)cc1. The number of fused-ring (bicyclic) bond motifs is 1. The minimum absolute atomic E-state index is 0.113. The van der Waals surface area contributed by atoms with E-state index in [0.29, 0.717) is 16.7 Å². The standard InChI is InChI=1S/C22H23B5ClF2N3O4/c23-15(33(27)19(37)22(29,30)12-2-4-13(28)5-3-12)10-1-6-14-11(7-10)8-32(16(14)34)21(26)9-20(24,25)17(35)31-18(21)36/h1-7,15H,8-9,23-27H2,(H,31,35,36)/t15?,21-/m0/s1. The zero-order chi connectivity index (χ0) is 27.5. The number of carbonyl (C=O) groups is 4. The molecule has 0 radical (unpaired) electrons. The summed E-state index contributed by atoms with van der Waals surface area (Å²) in [5, 5.41) is 1.81. The van der Waals surface area contributed by atoms with Gasteiger partial charge in [0.2, 0.25) is 19.8 Å². The Morgan fingerprint density at radius 1 is 1.08 bits per heavy atom. The zero-order valence-corrected chi connectivity index (χ0v) is 22.0. The first kappa shape index (κ1) is 27.0. The van der Waals surface area contributed by atoms with Crippen molar-refractivity contribution in [1.82, 2.24) is 15.0 Å². The second-order valence-electron chi connectivity index (χ2n) is 10.6. The Hall–Kier alpha value is -3.01. The second-order valence-corrected chi connectivity index (χ2v) is 11.0. The number of imide groups is 1. The Balaban J connectivity index is 1.57. The van der Waals surface area contributed by atoms with Crippen LogP contribution in [0.5, 0.6) is 0 Å². The van der Waals surface area contributed by atoms with Crippen LogP contribution in [-0.4, -0.2) is 78.1 Å². The third kappa shape index (κ3) is 4.49. The van der Waals surface area contributed by atoms with E-state index in [1.807, 2.05) is 0 Å². The predicted molar refractivity (Wildman–Crippen MR) is 147 cm³/mol. The van der Waals surface area contributed by atoms with Crippen LogP contribution in [0.4, 0.5) is 8.78 Å². The summed E-state index contributed by atoms with van der Waals surface area (Å²) in [5.41, 5.74) is -0.142. The molecule has 1 N–H and O–H groups in total. The quantitative estimate of drug-likeness (QED) is 0.360. The Morgan fingerprint density at radius 2 is 1.70 bits per heavy atom. The van der Waals surface area contributed by atoms with Crippen molar-refractivity contribution in [3.8, 4) is 0 Å². The molecule has 7 nitrogen and oxygen atoms in total.